The third kappa shape index (κ3) is 4.07. The van der Waals surface area contributed by atoms with Crippen molar-refractivity contribution in [3.8, 4) is 16.9 Å². The van der Waals surface area contributed by atoms with E-state index in [2.05, 4.69) is 17.0 Å². The molecule has 9 heteroatoms. The van der Waals surface area contributed by atoms with Crippen molar-refractivity contribution in [2.24, 2.45) is 0 Å². The van der Waals surface area contributed by atoms with Gasteiger partial charge in [0.1, 0.15) is 0 Å². The molecule has 0 spiro atoms. The number of carbonyl (C=O) groups is 1. The lowest BCUT2D eigenvalue weighted by Gasteiger charge is -2.38. The van der Waals surface area contributed by atoms with Crippen LogP contribution in [-0.2, 0) is 17.0 Å². The zero-order valence-electron chi connectivity index (χ0n) is 18.8. The lowest BCUT2D eigenvalue weighted by molar-refractivity contribution is 0.0298. The van der Waals surface area contributed by atoms with Gasteiger partial charge in [-0.05, 0) is 37.9 Å². The van der Waals surface area contributed by atoms with E-state index in [-0.39, 0.29) is 17.4 Å². The van der Waals surface area contributed by atoms with Crippen molar-refractivity contribution in [2.45, 2.75) is 17.2 Å². The van der Waals surface area contributed by atoms with Crippen LogP contribution in [0, 0.1) is 0 Å². The molecule has 0 bridgehead atoms. The highest BCUT2D eigenvalue weighted by atomic mass is 32.3. The van der Waals surface area contributed by atoms with Crippen LogP contribution in [0.25, 0.3) is 16.9 Å². The second kappa shape index (κ2) is 8.58. The largest absolute Gasteiger partial charge is 0.378 e. The normalized spacial score (nSPS) is 18.0. The lowest BCUT2D eigenvalue weighted by Crippen LogP contribution is -2.41. The van der Waals surface area contributed by atoms with Gasteiger partial charge in [0.15, 0.2) is 5.69 Å². The lowest BCUT2D eigenvalue weighted by atomic mass is 10.0. The Balaban J connectivity index is 1.70. The smallest absolute Gasteiger partial charge is 0.274 e. The number of amides is 1. The number of ether oxygens (including phenoxy) is 1. The molecule has 1 amide bonds. The summed E-state index contributed by atoms with van der Waals surface area (Å²) < 4.78 is 29.1. The highest BCUT2D eigenvalue weighted by Crippen LogP contribution is 2.59. The summed E-state index contributed by atoms with van der Waals surface area (Å²) in [6.07, 6.45) is 0. The average molecular weight is 469 g/mol. The van der Waals surface area contributed by atoms with Crippen molar-refractivity contribution < 1.29 is 18.6 Å². The van der Waals surface area contributed by atoms with E-state index in [0.29, 0.717) is 42.3 Å². The van der Waals surface area contributed by atoms with Crippen molar-refractivity contribution in [3.63, 3.8) is 0 Å². The molecule has 174 valence electrons. The Hall–Kier alpha value is -2.69. The number of rotatable bonds is 4. The Bertz CT molecular complexity index is 1200. The highest BCUT2D eigenvalue weighted by molar-refractivity contribution is 8.23. The fourth-order valence-corrected chi connectivity index (χ4v) is 6.16. The maximum atomic E-state index is 13.5. The molecule has 0 aliphatic carbocycles. The molecule has 5 rings (SSSR count). The van der Waals surface area contributed by atoms with Gasteiger partial charge in [-0.1, -0.05) is 30.3 Å². The van der Waals surface area contributed by atoms with Gasteiger partial charge in [-0.2, -0.15) is 15.7 Å². The second-order valence-electron chi connectivity index (χ2n) is 8.71. The van der Waals surface area contributed by atoms with Crippen molar-refractivity contribution in [1.29, 1.82) is 0 Å². The highest BCUT2D eigenvalue weighted by Gasteiger charge is 2.37. The molecule has 1 fully saturated rings. The summed E-state index contributed by atoms with van der Waals surface area (Å²) in [5.74, 6) is -0.227. The molecular weight excluding hydrogens is 440 g/mol. The van der Waals surface area contributed by atoms with Crippen LogP contribution in [0.3, 0.4) is 0 Å². The molecule has 3 heterocycles. The van der Waals surface area contributed by atoms with Crippen molar-refractivity contribution in [2.75, 3.05) is 40.4 Å². The first-order valence-corrected chi connectivity index (χ1v) is 12.6. The first-order valence-electron chi connectivity index (χ1n) is 10.9. The van der Waals surface area contributed by atoms with E-state index in [1.165, 1.54) is 0 Å². The first-order chi connectivity index (χ1) is 15.8. The second-order valence-corrected chi connectivity index (χ2v) is 10.8. The van der Waals surface area contributed by atoms with Crippen LogP contribution in [0.4, 0.5) is 0 Å². The SMILES string of the molecule is CN(C)Cc1cccc(-n2nc(C(=O)N3CCOCC3)c3c2-c2ccccc2S(O)(O)C3)c1. The molecule has 0 saturated carbocycles. The zero-order valence-corrected chi connectivity index (χ0v) is 19.6. The summed E-state index contributed by atoms with van der Waals surface area (Å²) >= 11 is 0. The van der Waals surface area contributed by atoms with E-state index in [4.69, 9.17) is 9.84 Å². The minimum Gasteiger partial charge on any atom is -0.378 e. The molecule has 3 aromatic rings. The molecule has 1 saturated heterocycles. The maximum absolute atomic E-state index is 13.5. The van der Waals surface area contributed by atoms with E-state index < -0.39 is 10.6 Å². The standard InChI is InChI=1S/C24H28N4O4S/c1-26(2)15-17-6-5-7-18(14-17)28-23-19-8-3-4-9-21(19)33(30,31)16-20(23)22(25-28)24(29)27-10-12-32-13-11-27/h3-9,14,30-31H,10-13,15-16H2,1-2H3. The van der Waals surface area contributed by atoms with Gasteiger partial charge in [0.25, 0.3) is 5.91 Å². The Morgan fingerprint density at radius 3 is 2.64 bits per heavy atom. The molecule has 0 unspecified atom stereocenters. The predicted octanol–water partition coefficient (Wildman–Crippen LogP) is 3.70. The van der Waals surface area contributed by atoms with E-state index >= 15 is 0 Å². The quantitative estimate of drug-likeness (QED) is 0.607. The number of aromatic nitrogens is 2. The number of hydrogen-bond donors (Lipinski definition) is 2. The van der Waals surface area contributed by atoms with Crippen LogP contribution in [0.2, 0.25) is 0 Å². The van der Waals surface area contributed by atoms with Crippen LogP contribution in [0.1, 0.15) is 21.6 Å². The Kier molecular flexibility index (Phi) is 5.75. The summed E-state index contributed by atoms with van der Waals surface area (Å²) in [6.45, 7) is 2.73. The van der Waals surface area contributed by atoms with E-state index in [1.54, 1.807) is 21.7 Å². The summed E-state index contributed by atoms with van der Waals surface area (Å²) in [4.78, 5) is 17.8. The topological polar surface area (TPSA) is 91.1 Å². The number of fused-ring (bicyclic) bond motifs is 3. The van der Waals surface area contributed by atoms with Gasteiger partial charge in [0.2, 0.25) is 0 Å². The minimum absolute atomic E-state index is 0.0256. The van der Waals surface area contributed by atoms with Crippen LogP contribution in [0.5, 0.6) is 0 Å². The van der Waals surface area contributed by atoms with Gasteiger partial charge < -0.3 is 14.5 Å². The third-order valence-electron chi connectivity index (χ3n) is 5.98. The number of benzene rings is 2. The monoisotopic (exact) mass is 468 g/mol. The molecule has 2 aromatic carbocycles. The molecule has 0 radical (unpaired) electrons. The van der Waals surface area contributed by atoms with E-state index in [9.17, 15) is 13.9 Å². The third-order valence-corrected chi connectivity index (χ3v) is 7.73. The molecule has 2 N–H and O–H groups in total. The van der Waals surface area contributed by atoms with Gasteiger partial charge in [-0.25, -0.2) is 4.68 Å². The van der Waals surface area contributed by atoms with Crippen molar-refractivity contribution in [1.82, 2.24) is 19.6 Å². The maximum Gasteiger partial charge on any atom is 0.274 e. The van der Waals surface area contributed by atoms with Gasteiger partial charge in [0, 0.05) is 30.8 Å². The van der Waals surface area contributed by atoms with E-state index in [1.807, 2.05) is 38.4 Å². The molecule has 2 aliphatic heterocycles. The van der Waals surface area contributed by atoms with Crippen molar-refractivity contribution >= 4 is 16.5 Å². The van der Waals surface area contributed by atoms with E-state index in [0.717, 1.165) is 23.5 Å². The molecule has 33 heavy (non-hydrogen) atoms. The number of hydrogen-bond acceptors (Lipinski definition) is 6. The molecular formula is C24H28N4O4S. The van der Waals surface area contributed by atoms with Gasteiger partial charge >= 0.3 is 0 Å². The van der Waals surface area contributed by atoms with Crippen molar-refractivity contribution in [3.05, 3.63) is 65.4 Å². The first kappa shape index (κ1) is 22.1. The predicted molar refractivity (Wildman–Crippen MR) is 128 cm³/mol. The summed E-state index contributed by atoms with van der Waals surface area (Å²) in [5, 5.41) is 4.78. The number of carbonyl (C=O) groups excluding carboxylic acids is 1. The zero-order chi connectivity index (χ0) is 23.2. The Morgan fingerprint density at radius 2 is 1.88 bits per heavy atom. The minimum atomic E-state index is -3.09. The molecule has 1 aromatic heterocycles. The fourth-order valence-electron chi connectivity index (χ4n) is 4.52. The fraction of sp³-hybridized carbons (Fsp3) is 0.333. The summed E-state index contributed by atoms with van der Waals surface area (Å²) in [5.41, 5.74) is 4.26. The van der Waals surface area contributed by atoms with Crippen LogP contribution < -0.4 is 0 Å². The Morgan fingerprint density at radius 1 is 1.12 bits per heavy atom. The van der Waals surface area contributed by atoms with Gasteiger partial charge in [-0.15, -0.1) is 0 Å². The molecule has 0 atom stereocenters. The molecule has 8 nitrogen and oxygen atoms in total. The molecule has 2 aliphatic rings. The van der Waals surface area contributed by atoms with Crippen LogP contribution in [-0.4, -0.2) is 75.0 Å². The van der Waals surface area contributed by atoms with Crippen LogP contribution in [0.15, 0.2) is 53.4 Å². The average Bonchev–Trinajstić information content (AvgIpc) is 3.17. The van der Waals surface area contributed by atoms with Crippen LogP contribution >= 0.6 is 10.6 Å². The number of nitrogens with zero attached hydrogens (tertiary/aromatic N) is 4. The van der Waals surface area contributed by atoms with Gasteiger partial charge in [-0.3, -0.25) is 13.9 Å². The van der Waals surface area contributed by atoms with Gasteiger partial charge in [0.05, 0.1) is 35.2 Å². The summed E-state index contributed by atoms with van der Waals surface area (Å²) in [7, 11) is 0.942. The Labute approximate surface area is 194 Å². The number of morpholine rings is 1. The summed E-state index contributed by atoms with van der Waals surface area (Å²) in [6, 6.07) is 15.3.